The third-order valence-electron chi connectivity index (χ3n) is 6.95. The number of piperidine rings is 1. The second-order valence-electron chi connectivity index (χ2n) is 8.94. The van der Waals surface area contributed by atoms with Crippen molar-refractivity contribution in [2.45, 2.75) is 29.3 Å². The number of alkyl halides is 3. The molecule has 4 rings (SSSR count). The first kappa shape index (κ1) is 25.8. The minimum atomic E-state index is -4.68. The summed E-state index contributed by atoms with van der Waals surface area (Å²) in [6.45, 7) is 1.98. The van der Waals surface area contributed by atoms with Gasteiger partial charge in [-0.25, -0.2) is 8.57 Å². The largest absolute Gasteiger partial charge is 0.492 e. The number of carbonyl (C=O) groups excluding carboxylic acids is 1. The normalized spacial score (nSPS) is 19.5. The van der Waals surface area contributed by atoms with Gasteiger partial charge in [-0.3, -0.25) is 9.69 Å². The zero-order valence-electron chi connectivity index (χ0n) is 19.7. The average Bonchev–Trinajstić information content (AvgIpc) is 3.01. The van der Waals surface area contributed by atoms with Gasteiger partial charge in [-0.05, 0) is 67.9 Å². The fourth-order valence-electron chi connectivity index (χ4n) is 4.91. The predicted octanol–water partition coefficient (Wildman–Crippen LogP) is 4.83. The van der Waals surface area contributed by atoms with E-state index in [1.165, 1.54) is 25.4 Å². The Hall–Kier alpha value is -2.30. The van der Waals surface area contributed by atoms with E-state index in [0.717, 1.165) is 17.3 Å². The van der Waals surface area contributed by atoms with Crippen molar-refractivity contribution in [1.82, 2.24) is 4.90 Å². The van der Waals surface area contributed by atoms with Crippen molar-refractivity contribution in [1.29, 1.82) is 0 Å². The van der Waals surface area contributed by atoms with Crippen molar-refractivity contribution in [3.63, 3.8) is 0 Å². The van der Waals surface area contributed by atoms with Crippen molar-refractivity contribution in [2.75, 3.05) is 51.5 Å². The lowest BCUT2D eigenvalue weighted by Crippen LogP contribution is -2.48. The van der Waals surface area contributed by atoms with Gasteiger partial charge in [0.1, 0.15) is 12.4 Å². The van der Waals surface area contributed by atoms with Crippen molar-refractivity contribution >= 4 is 32.9 Å². The van der Waals surface area contributed by atoms with Crippen LogP contribution in [0.25, 0.3) is 0 Å². The molecule has 0 radical (unpaired) electrons. The number of anilines is 1. The number of hydrogen-bond acceptors (Lipinski definition) is 5. The Bertz CT molecular complexity index is 1270. The van der Waals surface area contributed by atoms with Gasteiger partial charge in [-0.2, -0.15) is 13.2 Å². The molecule has 190 valence electrons. The summed E-state index contributed by atoms with van der Waals surface area (Å²) in [4.78, 5) is 16.6. The third-order valence-corrected chi connectivity index (χ3v) is 9.05. The molecule has 0 saturated carbocycles. The fraction of sp³-hybridized carbons (Fsp3) is 0.458. The number of fused-ring (bicyclic) bond motifs is 2. The van der Waals surface area contributed by atoms with Crippen LogP contribution < -0.4 is 9.64 Å². The highest BCUT2D eigenvalue weighted by atomic mass is 35.5. The number of ether oxygens (including phenoxy) is 1. The summed E-state index contributed by atoms with van der Waals surface area (Å²) in [5.41, 5.74) is 0.238. The van der Waals surface area contributed by atoms with E-state index in [1.807, 2.05) is 12.1 Å². The summed E-state index contributed by atoms with van der Waals surface area (Å²) >= 11 is 6.21. The van der Waals surface area contributed by atoms with Crippen molar-refractivity contribution in [3.05, 3.63) is 52.5 Å². The fourth-order valence-corrected chi connectivity index (χ4v) is 6.18. The Balaban J connectivity index is 1.41. The Morgan fingerprint density at radius 2 is 1.86 bits per heavy atom. The lowest BCUT2D eigenvalue weighted by atomic mass is 9.73. The van der Waals surface area contributed by atoms with E-state index in [0.29, 0.717) is 37.5 Å². The van der Waals surface area contributed by atoms with Gasteiger partial charge < -0.3 is 9.64 Å². The Morgan fingerprint density at radius 3 is 2.49 bits per heavy atom. The summed E-state index contributed by atoms with van der Waals surface area (Å²) in [5, 5.41) is 0.595. The van der Waals surface area contributed by atoms with Crippen LogP contribution >= 0.6 is 11.6 Å². The Kier molecular flexibility index (Phi) is 6.85. The van der Waals surface area contributed by atoms with Crippen LogP contribution in [0.15, 0.2) is 45.7 Å². The number of nitrogens with zero attached hydrogens (tertiary/aromatic N) is 3. The van der Waals surface area contributed by atoms with E-state index in [1.54, 1.807) is 18.0 Å². The van der Waals surface area contributed by atoms with E-state index < -0.39 is 26.9 Å². The molecule has 35 heavy (non-hydrogen) atoms. The number of carbonyl (C=O) groups is 1. The van der Waals surface area contributed by atoms with Crippen LogP contribution in [0.5, 0.6) is 5.75 Å². The van der Waals surface area contributed by atoms with Gasteiger partial charge in [-0.15, -0.1) is 0 Å². The quantitative estimate of drug-likeness (QED) is 0.556. The molecule has 0 N–H and O–H groups in total. The van der Waals surface area contributed by atoms with Gasteiger partial charge in [0.2, 0.25) is 5.91 Å². The zero-order valence-corrected chi connectivity index (χ0v) is 21.3. The Morgan fingerprint density at radius 1 is 1.17 bits per heavy atom. The SMILES string of the molecule is CN=S(C)(=O)c1ccc(OCCN2CCC3(CC2)C(=O)N(C)c2ccc(Cl)cc23)cc1C(F)(F)F. The number of likely N-dealkylation sites (N-methyl/N-ethyl adjacent to an activating group) is 1. The second kappa shape index (κ2) is 9.29. The lowest BCUT2D eigenvalue weighted by Gasteiger charge is -2.38. The van der Waals surface area contributed by atoms with E-state index in [9.17, 15) is 22.2 Å². The van der Waals surface area contributed by atoms with E-state index >= 15 is 0 Å². The molecule has 1 saturated heterocycles. The summed E-state index contributed by atoms with van der Waals surface area (Å²) in [7, 11) is -0.148. The Labute approximate surface area is 208 Å². The van der Waals surface area contributed by atoms with E-state index in [-0.39, 0.29) is 23.2 Å². The molecule has 6 nitrogen and oxygen atoms in total. The van der Waals surface area contributed by atoms with Crippen molar-refractivity contribution in [3.8, 4) is 5.75 Å². The van der Waals surface area contributed by atoms with Crippen LogP contribution in [0.1, 0.15) is 24.0 Å². The van der Waals surface area contributed by atoms with Gasteiger partial charge in [0.25, 0.3) is 0 Å². The third kappa shape index (κ3) is 4.75. The van der Waals surface area contributed by atoms with Gasteiger partial charge in [-0.1, -0.05) is 11.6 Å². The molecular weight excluding hydrogens is 503 g/mol. The van der Waals surface area contributed by atoms with Crippen LogP contribution in [-0.2, 0) is 26.1 Å². The number of benzene rings is 2. The summed E-state index contributed by atoms with van der Waals surface area (Å²) in [6.07, 6.45) is -2.25. The van der Waals surface area contributed by atoms with Crippen LogP contribution in [0, 0.1) is 0 Å². The molecule has 2 aromatic carbocycles. The lowest BCUT2D eigenvalue weighted by molar-refractivity contribution is -0.140. The molecule has 1 spiro atoms. The summed E-state index contributed by atoms with van der Waals surface area (Å²) in [5.74, 6) is 0.119. The highest BCUT2D eigenvalue weighted by Gasteiger charge is 2.51. The van der Waals surface area contributed by atoms with E-state index in [4.69, 9.17) is 16.3 Å². The number of likely N-dealkylation sites (tertiary alicyclic amines) is 1. The van der Waals surface area contributed by atoms with Gasteiger partial charge >= 0.3 is 6.18 Å². The molecule has 2 aliphatic rings. The number of amides is 1. The number of hydrogen-bond donors (Lipinski definition) is 0. The van der Waals surface area contributed by atoms with Crippen LogP contribution in [0.3, 0.4) is 0 Å². The highest BCUT2D eigenvalue weighted by molar-refractivity contribution is 7.93. The molecular formula is C24H27ClF3N3O3S. The minimum absolute atomic E-state index is 0.0528. The smallest absolute Gasteiger partial charge is 0.417 e. The molecule has 0 aromatic heterocycles. The molecule has 1 fully saturated rings. The first-order chi connectivity index (χ1) is 16.4. The number of halogens is 4. The molecule has 1 amide bonds. The monoisotopic (exact) mass is 529 g/mol. The molecule has 2 aliphatic heterocycles. The molecule has 2 heterocycles. The standard InChI is InChI=1S/C24H27ClF3N3O3S/c1-29-35(3,33)21-7-5-17(15-19(21)24(26,27)28)34-13-12-31-10-8-23(9-11-31)18-14-16(25)4-6-20(18)30(2)22(23)32/h4-7,14-15H,8-13H2,1-3H3. The predicted molar refractivity (Wildman–Crippen MR) is 130 cm³/mol. The van der Waals surface area contributed by atoms with Crippen molar-refractivity contribution in [2.24, 2.45) is 4.36 Å². The van der Waals surface area contributed by atoms with Gasteiger partial charge in [0.15, 0.2) is 0 Å². The molecule has 0 aliphatic carbocycles. The average molecular weight is 530 g/mol. The summed E-state index contributed by atoms with van der Waals surface area (Å²) < 4.78 is 62.4. The molecule has 0 bridgehead atoms. The molecule has 1 unspecified atom stereocenters. The van der Waals surface area contributed by atoms with E-state index in [2.05, 4.69) is 9.26 Å². The van der Waals surface area contributed by atoms with Gasteiger partial charge in [0, 0.05) is 37.6 Å². The zero-order chi connectivity index (χ0) is 25.6. The first-order valence-electron chi connectivity index (χ1n) is 11.1. The maximum Gasteiger partial charge on any atom is 0.417 e. The van der Waals surface area contributed by atoms with Crippen LogP contribution in [0.4, 0.5) is 18.9 Å². The van der Waals surface area contributed by atoms with Crippen LogP contribution in [0.2, 0.25) is 5.02 Å². The molecule has 11 heteroatoms. The van der Waals surface area contributed by atoms with Gasteiger partial charge in [0.05, 0.1) is 25.6 Å². The highest BCUT2D eigenvalue weighted by Crippen LogP contribution is 2.48. The number of rotatable bonds is 5. The second-order valence-corrected chi connectivity index (χ2v) is 11.8. The molecule has 2 aromatic rings. The van der Waals surface area contributed by atoms with Crippen molar-refractivity contribution < 1.29 is 26.9 Å². The minimum Gasteiger partial charge on any atom is -0.492 e. The van der Waals surface area contributed by atoms with Crippen LogP contribution in [-0.4, -0.2) is 61.6 Å². The summed E-state index contributed by atoms with van der Waals surface area (Å²) in [6, 6.07) is 8.96. The maximum absolute atomic E-state index is 13.6. The first-order valence-corrected chi connectivity index (χ1v) is 13.4. The topological polar surface area (TPSA) is 62.2 Å². The maximum atomic E-state index is 13.6. The molecule has 1 atom stereocenters.